The first kappa shape index (κ1) is 21.5. The van der Waals surface area contributed by atoms with Crippen molar-refractivity contribution in [2.75, 3.05) is 5.32 Å². The molecule has 6 nitrogen and oxygen atoms in total. The Morgan fingerprint density at radius 3 is 2.40 bits per heavy atom. The van der Waals surface area contributed by atoms with Gasteiger partial charge in [-0.2, -0.15) is 0 Å². The highest BCUT2D eigenvalue weighted by atomic mass is 32.1. The molecule has 0 spiro atoms. The van der Waals surface area contributed by atoms with Crippen molar-refractivity contribution in [3.63, 3.8) is 0 Å². The lowest BCUT2D eigenvalue weighted by molar-refractivity contribution is -0.119. The second kappa shape index (κ2) is 10.5. The number of hydrogen-bond acceptors (Lipinski definition) is 5. The van der Waals surface area contributed by atoms with Crippen molar-refractivity contribution in [1.29, 1.82) is 0 Å². The fourth-order valence-electron chi connectivity index (χ4n) is 2.85. The summed E-state index contributed by atoms with van der Waals surface area (Å²) in [5.41, 5.74) is 2.66. The maximum Gasteiger partial charge on any atom is 0.408 e. The van der Waals surface area contributed by atoms with Gasteiger partial charge in [-0.15, -0.1) is 11.3 Å². The molecule has 2 amide bonds. The Morgan fingerprint density at radius 1 is 1.07 bits per heavy atom. The van der Waals surface area contributed by atoms with Crippen molar-refractivity contribution in [2.24, 2.45) is 5.92 Å². The molecule has 3 aromatic rings. The number of nitrogens with one attached hydrogen (secondary N) is 2. The summed E-state index contributed by atoms with van der Waals surface area (Å²) in [6.07, 6.45) is 0.105. The van der Waals surface area contributed by atoms with E-state index in [1.807, 2.05) is 79.9 Å². The van der Waals surface area contributed by atoms with Gasteiger partial charge in [0.05, 0.1) is 5.69 Å². The van der Waals surface area contributed by atoms with Gasteiger partial charge in [0.25, 0.3) is 0 Å². The Kier molecular flexibility index (Phi) is 7.57. The molecule has 2 aromatic carbocycles. The van der Waals surface area contributed by atoms with E-state index in [9.17, 15) is 9.59 Å². The molecular formula is C23H25N3O3S. The number of rotatable bonds is 8. The van der Waals surface area contributed by atoms with Crippen LogP contribution >= 0.6 is 11.3 Å². The molecule has 2 atom stereocenters. The minimum absolute atomic E-state index is 0.0668. The minimum Gasteiger partial charge on any atom is -0.445 e. The molecule has 0 radical (unpaired) electrons. The average molecular weight is 424 g/mol. The van der Waals surface area contributed by atoms with Gasteiger partial charge in [0, 0.05) is 10.9 Å². The van der Waals surface area contributed by atoms with Gasteiger partial charge in [-0.25, -0.2) is 9.78 Å². The molecule has 0 aliphatic heterocycles. The standard InChI is InChI=1S/C23H25N3O3S/c1-3-16(2)20(25-23(28)29-14-17-10-6-4-7-11-17)21(27)26-22-24-19(15-30-22)18-12-8-5-9-13-18/h4-13,15-16,20H,3,14H2,1-2H3,(H,25,28)(H,24,26,27). The second-order valence-corrected chi connectivity index (χ2v) is 7.82. The van der Waals surface area contributed by atoms with Gasteiger partial charge in [0.2, 0.25) is 5.91 Å². The van der Waals surface area contributed by atoms with E-state index >= 15 is 0 Å². The third-order valence-corrected chi connectivity index (χ3v) is 5.54. The molecule has 1 aromatic heterocycles. The summed E-state index contributed by atoms with van der Waals surface area (Å²) in [6, 6.07) is 18.4. The van der Waals surface area contributed by atoms with Crippen LogP contribution in [0.3, 0.4) is 0 Å². The van der Waals surface area contributed by atoms with E-state index in [0.29, 0.717) is 5.13 Å². The van der Waals surface area contributed by atoms with Crippen LogP contribution in [0.25, 0.3) is 11.3 Å². The van der Waals surface area contributed by atoms with Crippen LogP contribution in [0.4, 0.5) is 9.93 Å². The van der Waals surface area contributed by atoms with Crippen molar-refractivity contribution < 1.29 is 14.3 Å². The lowest BCUT2D eigenvalue weighted by Gasteiger charge is -2.22. The second-order valence-electron chi connectivity index (χ2n) is 6.96. The summed E-state index contributed by atoms with van der Waals surface area (Å²) in [6.45, 7) is 4.03. The molecule has 2 N–H and O–H groups in total. The topological polar surface area (TPSA) is 80.3 Å². The van der Waals surface area contributed by atoms with E-state index in [1.54, 1.807) is 0 Å². The van der Waals surface area contributed by atoms with Crippen molar-refractivity contribution >= 4 is 28.5 Å². The Hall–Kier alpha value is -3.19. The molecule has 7 heteroatoms. The molecule has 2 unspecified atom stereocenters. The van der Waals surface area contributed by atoms with Crippen LogP contribution < -0.4 is 10.6 Å². The number of thiazole rings is 1. The Morgan fingerprint density at radius 2 is 1.73 bits per heavy atom. The molecule has 0 bridgehead atoms. The maximum absolute atomic E-state index is 12.9. The maximum atomic E-state index is 12.9. The summed E-state index contributed by atoms with van der Waals surface area (Å²) in [7, 11) is 0. The highest BCUT2D eigenvalue weighted by Gasteiger charge is 2.27. The minimum atomic E-state index is -0.720. The van der Waals surface area contributed by atoms with E-state index in [-0.39, 0.29) is 18.4 Å². The number of carbonyl (C=O) groups excluding carboxylic acids is 2. The number of ether oxygens (including phenoxy) is 1. The summed E-state index contributed by atoms with van der Waals surface area (Å²) in [4.78, 5) is 29.6. The number of anilines is 1. The van der Waals surface area contributed by atoms with Gasteiger partial charge in [-0.05, 0) is 11.5 Å². The number of alkyl carbamates (subject to hydrolysis) is 1. The molecular weight excluding hydrogens is 398 g/mol. The number of nitrogens with zero attached hydrogens (tertiary/aromatic N) is 1. The fraction of sp³-hybridized carbons (Fsp3) is 0.261. The highest BCUT2D eigenvalue weighted by Crippen LogP contribution is 2.25. The number of hydrogen-bond donors (Lipinski definition) is 2. The van der Waals surface area contributed by atoms with E-state index in [0.717, 1.165) is 23.2 Å². The van der Waals surface area contributed by atoms with Gasteiger partial charge in [-0.1, -0.05) is 80.9 Å². The van der Waals surface area contributed by atoms with Crippen LogP contribution in [0.1, 0.15) is 25.8 Å². The Labute approximate surface area is 180 Å². The van der Waals surface area contributed by atoms with Crippen LogP contribution in [0, 0.1) is 5.92 Å². The third-order valence-electron chi connectivity index (χ3n) is 4.79. The molecule has 0 fully saturated rings. The molecule has 3 rings (SSSR count). The van der Waals surface area contributed by atoms with Crippen molar-refractivity contribution in [3.05, 3.63) is 71.6 Å². The smallest absolute Gasteiger partial charge is 0.408 e. The highest BCUT2D eigenvalue weighted by molar-refractivity contribution is 7.14. The molecule has 0 saturated heterocycles. The fourth-order valence-corrected chi connectivity index (χ4v) is 3.57. The first-order chi connectivity index (χ1) is 14.6. The van der Waals surface area contributed by atoms with E-state index in [2.05, 4.69) is 15.6 Å². The zero-order chi connectivity index (χ0) is 21.3. The number of carbonyl (C=O) groups is 2. The first-order valence-corrected chi connectivity index (χ1v) is 10.7. The van der Waals surface area contributed by atoms with Crippen LogP contribution in [0.15, 0.2) is 66.0 Å². The number of benzene rings is 2. The van der Waals surface area contributed by atoms with Gasteiger partial charge in [-0.3, -0.25) is 4.79 Å². The Bertz CT molecular complexity index is 960. The molecule has 0 aliphatic carbocycles. The van der Waals surface area contributed by atoms with Crippen LogP contribution in [0.2, 0.25) is 0 Å². The summed E-state index contributed by atoms with van der Waals surface area (Å²) >= 11 is 1.35. The number of aromatic nitrogens is 1. The molecule has 0 saturated carbocycles. The lowest BCUT2D eigenvalue weighted by atomic mass is 9.98. The van der Waals surface area contributed by atoms with Crippen molar-refractivity contribution in [1.82, 2.24) is 10.3 Å². The Balaban J connectivity index is 1.61. The predicted octanol–water partition coefficient (Wildman–Crippen LogP) is 5.09. The molecule has 1 heterocycles. The monoisotopic (exact) mass is 423 g/mol. The molecule has 0 aliphatic rings. The largest absolute Gasteiger partial charge is 0.445 e. The van der Waals surface area contributed by atoms with E-state index < -0.39 is 12.1 Å². The van der Waals surface area contributed by atoms with Crippen molar-refractivity contribution in [3.8, 4) is 11.3 Å². The zero-order valence-electron chi connectivity index (χ0n) is 17.0. The van der Waals surface area contributed by atoms with E-state index in [4.69, 9.17) is 4.74 Å². The quantitative estimate of drug-likeness (QED) is 0.529. The summed E-state index contributed by atoms with van der Waals surface area (Å²) < 4.78 is 5.27. The van der Waals surface area contributed by atoms with Gasteiger partial charge >= 0.3 is 6.09 Å². The van der Waals surface area contributed by atoms with Gasteiger partial charge in [0.15, 0.2) is 5.13 Å². The van der Waals surface area contributed by atoms with Crippen LogP contribution in [-0.2, 0) is 16.1 Å². The SMILES string of the molecule is CCC(C)C(NC(=O)OCc1ccccc1)C(=O)Nc1nc(-c2ccccc2)cs1. The van der Waals surface area contributed by atoms with Crippen LogP contribution in [-0.4, -0.2) is 23.0 Å². The summed E-state index contributed by atoms with van der Waals surface area (Å²) in [5.74, 6) is -0.377. The molecule has 156 valence electrons. The summed E-state index contributed by atoms with van der Waals surface area (Å²) in [5, 5.41) is 7.91. The van der Waals surface area contributed by atoms with E-state index in [1.165, 1.54) is 11.3 Å². The van der Waals surface area contributed by atoms with Crippen molar-refractivity contribution in [2.45, 2.75) is 32.9 Å². The third kappa shape index (κ3) is 5.90. The van der Waals surface area contributed by atoms with Gasteiger partial charge in [0.1, 0.15) is 12.6 Å². The predicted molar refractivity (Wildman–Crippen MR) is 119 cm³/mol. The number of amides is 2. The zero-order valence-corrected chi connectivity index (χ0v) is 17.8. The lowest BCUT2D eigenvalue weighted by Crippen LogP contribution is -2.47. The molecule has 30 heavy (non-hydrogen) atoms. The first-order valence-electron chi connectivity index (χ1n) is 9.86. The average Bonchev–Trinajstić information content (AvgIpc) is 3.25. The van der Waals surface area contributed by atoms with Crippen LogP contribution in [0.5, 0.6) is 0 Å². The van der Waals surface area contributed by atoms with Gasteiger partial charge < -0.3 is 15.4 Å². The normalized spacial score (nSPS) is 12.6.